The van der Waals surface area contributed by atoms with E-state index in [-0.39, 0.29) is 0 Å². The van der Waals surface area contributed by atoms with Gasteiger partial charge in [-0.3, -0.25) is 4.68 Å². The lowest BCUT2D eigenvalue weighted by molar-refractivity contribution is 0.184. The Morgan fingerprint density at radius 3 is 3.27 bits per heavy atom. The van der Waals surface area contributed by atoms with Crippen molar-refractivity contribution >= 4 is 0 Å². The van der Waals surface area contributed by atoms with Crippen molar-refractivity contribution < 1.29 is 4.74 Å². The molecule has 2 heterocycles. The van der Waals surface area contributed by atoms with Crippen LogP contribution in [0.1, 0.15) is 37.9 Å². The average Bonchev–Trinajstić information content (AvgIpc) is 2.89. The van der Waals surface area contributed by atoms with Crippen molar-refractivity contribution in [1.82, 2.24) is 15.1 Å². The number of hydrogen-bond donors (Lipinski definition) is 1. The molecule has 0 aliphatic carbocycles. The monoisotopic (exact) mass is 209 g/mol. The Hall–Kier alpha value is -0.870. The number of hydrogen-bond acceptors (Lipinski definition) is 3. The molecule has 1 aliphatic heterocycles. The summed E-state index contributed by atoms with van der Waals surface area (Å²) in [4.78, 5) is 0. The van der Waals surface area contributed by atoms with Crippen molar-refractivity contribution in [3.8, 4) is 0 Å². The SMILES string of the molecule is CCNC(C)c1cnn(C2CCOC2)c1. The molecule has 0 aromatic carbocycles. The summed E-state index contributed by atoms with van der Waals surface area (Å²) in [6.45, 7) is 6.93. The van der Waals surface area contributed by atoms with Crippen LogP contribution in [-0.4, -0.2) is 29.5 Å². The molecule has 84 valence electrons. The van der Waals surface area contributed by atoms with E-state index < -0.39 is 0 Å². The largest absolute Gasteiger partial charge is 0.379 e. The molecule has 1 aliphatic rings. The zero-order valence-electron chi connectivity index (χ0n) is 9.44. The van der Waals surface area contributed by atoms with E-state index in [1.165, 1.54) is 5.56 Å². The molecule has 1 aromatic heterocycles. The second-order valence-electron chi connectivity index (χ2n) is 4.05. The molecule has 1 fully saturated rings. The maximum absolute atomic E-state index is 5.35. The topological polar surface area (TPSA) is 39.1 Å². The highest BCUT2D eigenvalue weighted by molar-refractivity contribution is 5.09. The van der Waals surface area contributed by atoms with E-state index in [9.17, 15) is 0 Å². The van der Waals surface area contributed by atoms with E-state index in [1.807, 2.05) is 10.9 Å². The van der Waals surface area contributed by atoms with Crippen LogP contribution < -0.4 is 5.32 Å². The summed E-state index contributed by atoms with van der Waals surface area (Å²) in [6, 6.07) is 0.818. The van der Waals surface area contributed by atoms with Crippen molar-refractivity contribution in [1.29, 1.82) is 0 Å². The molecule has 0 radical (unpaired) electrons. The fourth-order valence-corrected chi connectivity index (χ4v) is 1.93. The van der Waals surface area contributed by atoms with Crippen LogP contribution in [0.3, 0.4) is 0 Å². The number of nitrogens with zero attached hydrogens (tertiary/aromatic N) is 2. The number of nitrogens with one attached hydrogen (secondary N) is 1. The first-order valence-electron chi connectivity index (χ1n) is 5.66. The van der Waals surface area contributed by atoms with Crippen molar-refractivity contribution in [3.63, 3.8) is 0 Å². The van der Waals surface area contributed by atoms with Crippen molar-refractivity contribution in [3.05, 3.63) is 18.0 Å². The van der Waals surface area contributed by atoms with Gasteiger partial charge in [0.15, 0.2) is 0 Å². The molecule has 2 rings (SSSR count). The minimum atomic E-state index is 0.381. The maximum Gasteiger partial charge on any atom is 0.0774 e. The number of aromatic nitrogens is 2. The van der Waals surface area contributed by atoms with Crippen molar-refractivity contribution in [2.45, 2.75) is 32.4 Å². The third kappa shape index (κ3) is 2.38. The van der Waals surface area contributed by atoms with Gasteiger partial charge in [0, 0.05) is 24.4 Å². The van der Waals surface area contributed by atoms with E-state index in [4.69, 9.17) is 4.74 Å². The predicted molar refractivity (Wildman–Crippen MR) is 58.8 cm³/mol. The molecule has 2 atom stereocenters. The Kier molecular flexibility index (Phi) is 3.38. The molecule has 0 amide bonds. The quantitative estimate of drug-likeness (QED) is 0.817. The minimum absolute atomic E-state index is 0.381. The van der Waals surface area contributed by atoms with Gasteiger partial charge in [-0.25, -0.2) is 0 Å². The molecule has 1 N–H and O–H groups in total. The van der Waals surface area contributed by atoms with Gasteiger partial charge < -0.3 is 10.1 Å². The lowest BCUT2D eigenvalue weighted by Crippen LogP contribution is -2.17. The van der Waals surface area contributed by atoms with Crippen molar-refractivity contribution in [2.24, 2.45) is 0 Å². The molecule has 0 spiro atoms. The maximum atomic E-state index is 5.35. The molecule has 4 nitrogen and oxygen atoms in total. The summed E-state index contributed by atoms with van der Waals surface area (Å²) < 4.78 is 7.39. The van der Waals surface area contributed by atoms with Gasteiger partial charge in [0.05, 0.1) is 18.8 Å². The second-order valence-corrected chi connectivity index (χ2v) is 4.05. The fraction of sp³-hybridized carbons (Fsp3) is 0.727. The summed E-state index contributed by atoms with van der Waals surface area (Å²) >= 11 is 0. The van der Waals surface area contributed by atoms with Crippen LogP contribution in [0.5, 0.6) is 0 Å². The smallest absolute Gasteiger partial charge is 0.0774 e. The summed E-state index contributed by atoms with van der Waals surface area (Å²) in [5.74, 6) is 0. The van der Waals surface area contributed by atoms with Gasteiger partial charge in [-0.05, 0) is 19.9 Å². The first-order chi connectivity index (χ1) is 7.31. The Morgan fingerprint density at radius 1 is 1.73 bits per heavy atom. The average molecular weight is 209 g/mol. The van der Waals surface area contributed by atoms with Crippen LogP contribution in [0.15, 0.2) is 12.4 Å². The highest BCUT2D eigenvalue weighted by atomic mass is 16.5. The van der Waals surface area contributed by atoms with Crippen LogP contribution in [0.2, 0.25) is 0 Å². The molecule has 1 saturated heterocycles. The lowest BCUT2D eigenvalue weighted by atomic mass is 10.2. The van der Waals surface area contributed by atoms with Gasteiger partial charge in [0.1, 0.15) is 0 Å². The Labute approximate surface area is 90.6 Å². The van der Waals surface area contributed by atoms with Crippen LogP contribution in [0.4, 0.5) is 0 Å². The Morgan fingerprint density at radius 2 is 2.60 bits per heavy atom. The lowest BCUT2D eigenvalue weighted by Gasteiger charge is -2.10. The van der Waals surface area contributed by atoms with E-state index in [2.05, 4.69) is 30.5 Å². The number of rotatable bonds is 4. The summed E-state index contributed by atoms with van der Waals surface area (Å²) in [5, 5.41) is 7.78. The molecule has 1 aromatic rings. The normalized spacial score (nSPS) is 23.2. The molecule has 15 heavy (non-hydrogen) atoms. The molecule has 0 bridgehead atoms. The van der Waals surface area contributed by atoms with Gasteiger partial charge in [0.2, 0.25) is 0 Å². The van der Waals surface area contributed by atoms with E-state index in [1.54, 1.807) is 0 Å². The van der Waals surface area contributed by atoms with Crippen LogP contribution in [-0.2, 0) is 4.74 Å². The summed E-state index contributed by atoms with van der Waals surface area (Å²) in [5.41, 5.74) is 1.25. The highest BCUT2D eigenvalue weighted by Crippen LogP contribution is 2.20. The first-order valence-corrected chi connectivity index (χ1v) is 5.66. The molecule has 2 unspecified atom stereocenters. The zero-order valence-corrected chi connectivity index (χ0v) is 9.44. The minimum Gasteiger partial charge on any atom is -0.379 e. The first kappa shape index (κ1) is 10.6. The third-order valence-corrected chi connectivity index (χ3v) is 2.91. The van der Waals surface area contributed by atoms with Crippen LogP contribution in [0.25, 0.3) is 0 Å². The fourth-order valence-electron chi connectivity index (χ4n) is 1.93. The van der Waals surface area contributed by atoms with Gasteiger partial charge in [-0.2, -0.15) is 5.10 Å². The molecule has 0 saturated carbocycles. The van der Waals surface area contributed by atoms with Gasteiger partial charge in [0.25, 0.3) is 0 Å². The van der Waals surface area contributed by atoms with E-state index in [0.29, 0.717) is 12.1 Å². The molecular weight excluding hydrogens is 190 g/mol. The second kappa shape index (κ2) is 4.77. The standard InChI is InChI=1S/C11H19N3O/c1-3-12-9(2)10-6-13-14(7-10)11-4-5-15-8-11/h6-7,9,11-12H,3-5,8H2,1-2H3. The van der Waals surface area contributed by atoms with Crippen LogP contribution in [0, 0.1) is 0 Å². The van der Waals surface area contributed by atoms with Crippen molar-refractivity contribution in [2.75, 3.05) is 19.8 Å². The Bertz CT molecular complexity index is 305. The number of ether oxygens (including phenoxy) is 1. The summed E-state index contributed by atoms with van der Waals surface area (Å²) in [6.07, 6.45) is 5.16. The van der Waals surface area contributed by atoms with Gasteiger partial charge >= 0.3 is 0 Å². The zero-order chi connectivity index (χ0) is 10.7. The van der Waals surface area contributed by atoms with E-state index >= 15 is 0 Å². The predicted octanol–water partition coefficient (Wildman–Crippen LogP) is 1.51. The third-order valence-electron chi connectivity index (χ3n) is 2.91. The Balaban J connectivity index is 2.02. The van der Waals surface area contributed by atoms with Crippen LogP contribution >= 0.6 is 0 Å². The highest BCUT2D eigenvalue weighted by Gasteiger charge is 2.18. The van der Waals surface area contributed by atoms with E-state index in [0.717, 1.165) is 26.2 Å². The molecular formula is C11H19N3O. The van der Waals surface area contributed by atoms with Gasteiger partial charge in [-0.1, -0.05) is 6.92 Å². The molecule has 4 heteroatoms. The summed E-state index contributed by atoms with van der Waals surface area (Å²) in [7, 11) is 0. The van der Waals surface area contributed by atoms with Gasteiger partial charge in [-0.15, -0.1) is 0 Å².